The molecule has 2 nitrogen and oxygen atoms in total. The first-order valence-electron chi connectivity index (χ1n) is 4.97. The van der Waals surface area contributed by atoms with E-state index in [1.54, 1.807) is 0 Å². The second-order valence-corrected chi connectivity index (χ2v) is 3.65. The lowest BCUT2D eigenvalue weighted by Gasteiger charge is -2.14. The van der Waals surface area contributed by atoms with E-state index >= 15 is 0 Å². The smallest absolute Gasteiger partial charge is 0.306 e. The monoisotopic (exact) mass is 184 g/mol. The highest BCUT2D eigenvalue weighted by molar-refractivity contribution is 5.70. The van der Waals surface area contributed by atoms with E-state index in [4.69, 9.17) is 5.11 Å². The van der Waals surface area contributed by atoms with Gasteiger partial charge in [-0.3, -0.25) is 4.79 Å². The van der Waals surface area contributed by atoms with Crippen LogP contribution in [0.4, 0.5) is 0 Å². The van der Waals surface area contributed by atoms with Gasteiger partial charge in [0.25, 0.3) is 0 Å². The van der Waals surface area contributed by atoms with Crippen LogP contribution in [0, 0.1) is 11.8 Å². The molecule has 1 unspecified atom stereocenters. The molecular weight excluding hydrogens is 164 g/mol. The minimum absolute atomic E-state index is 0.193. The molecule has 0 aromatic heterocycles. The Hall–Kier alpha value is -0.790. The second kappa shape index (κ2) is 6.70. The standard InChI is InChI=1S/C11H20O2/c1-4-5-6-7-8-10(9(2)3)11(12)13/h5-6,9-10H,4,7-8H2,1-3H3,(H,12,13)/b6-5-. The van der Waals surface area contributed by atoms with Crippen LogP contribution in [0.2, 0.25) is 0 Å². The van der Waals surface area contributed by atoms with Crippen molar-refractivity contribution in [2.24, 2.45) is 11.8 Å². The minimum Gasteiger partial charge on any atom is -0.481 e. The third-order valence-electron chi connectivity index (χ3n) is 2.17. The molecule has 13 heavy (non-hydrogen) atoms. The van der Waals surface area contributed by atoms with E-state index in [1.165, 1.54) is 0 Å². The highest BCUT2D eigenvalue weighted by Crippen LogP contribution is 2.17. The van der Waals surface area contributed by atoms with Crippen LogP contribution in [0.1, 0.15) is 40.0 Å². The Bertz CT molecular complexity index is 171. The molecule has 0 aromatic carbocycles. The number of carboxylic acids is 1. The summed E-state index contributed by atoms with van der Waals surface area (Å²) in [6, 6.07) is 0. The van der Waals surface area contributed by atoms with Gasteiger partial charge in [-0.2, -0.15) is 0 Å². The Balaban J connectivity index is 3.84. The van der Waals surface area contributed by atoms with Crippen LogP contribution in [0.25, 0.3) is 0 Å². The van der Waals surface area contributed by atoms with Crippen LogP contribution in [-0.2, 0) is 4.79 Å². The molecule has 0 heterocycles. The number of hydrogen-bond acceptors (Lipinski definition) is 1. The van der Waals surface area contributed by atoms with Crippen LogP contribution in [0.15, 0.2) is 12.2 Å². The lowest BCUT2D eigenvalue weighted by Crippen LogP contribution is -2.19. The van der Waals surface area contributed by atoms with Gasteiger partial charge in [0.15, 0.2) is 0 Å². The van der Waals surface area contributed by atoms with E-state index in [9.17, 15) is 4.79 Å². The fraction of sp³-hybridized carbons (Fsp3) is 0.727. The highest BCUT2D eigenvalue weighted by atomic mass is 16.4. The summed E-state index contributed by atoms with van der Waals surface area (Å²) in [6.45, 7) is 6.00. The summed E-state index contributed by atoms with van der Waals surface area (Å²) >= 11 is 0. The normalized spacial score (nSPS) is 13.8. The van der Waals surface area contributed by atoms with Crippen molar-refractivity contribution < 1.29 is 9.90 Å². The number of carboxylic acid groups (broad SMARTS) is 1. The lowest BCUT2D eigenvalue weighted by molar-refractivity contribution is -0.143. The minimum atomic E-state index is -0.667. The first-order chi connectivity index (χ1) is 6.09. The molecule has 0 aliphatic rings. The molecule has 0 amide bonds. The maximum atomic E-state index is 10.8. The van der Waals surface area contributed by atoms with Crippen molar-refractivity contribution in [2.45, 2.75) is 40.0 Å². The van der Waals surface area contributed by atoms with Crippen molar-refractivity contribution in [3.8, 4) is 0 Å². The molecule has 0 fully saturated rings. The van der Waals surface area contributed by atoms with Crippen LogP contribution >= 0.6 is 0 Å². The third-order valence-corrected chi connectivity index (χ3v) is 2.17. The first-order valence-corrected chi connectivity index (χ1v) is 4.97. The Morgan fingerprint density at radius 2 is 2.00 bits per heavy atom. The average Bonchev–Trinajstić information content (AvgIpc) is 2.02. The maximum Gasteiger partial charge on any atom is 0.306 e. The second-order valence-electron chi connectivity index (χ2n) is 3.65. The third kappa shape index (κ3) is 5.45. The molecule has 0 aromatic rings. The van der Waals surface area contributed by atoms with Crippen molar-refractivity contribution in [2.75, 3.05) is 0 Å². The summed E-state index contributed by atoms with van der Waals surface area (Å²) in [6.07, 6.45) is 6.81. The summed E-state index contributed by atoms with van der Waals surface area (Å²) in [4.78, 5) is 10.8. The number of hydrogen-bond donors (Lipinski definition) is 1. The summed E-state index contributed by atoms with van der Waals surface area (Å²) in [5.74, 6) is -0.631. The predicted octanol–water partition coefficient (Wildman–Crippen LogP) is 3.09. The quantitative estimate of drug-likeness (QED) is 0.644. The van der Waals surface area contributed by atoms with Gasteiger partial charge < -0.3 is 5.11 Å². The van der Waals surface area contributed by atoms with Gasteiger partial charge in [-0.15, -0.1) is 0 Å². The van der Waals surface area contributed by atoms with E-state index in [0.29, 0.717) is 0 Å². The predicted molar refractivity (Wildman–Crippen MR) is 54.6 cm³/mol. The van der Waals surface area contributed by atoms with Gasteiger partial charge in [-0.05, 0) is 25.2 Å². The van der Waals surface area contributed by atoms with E-state index in [0.717, 1.165) is 19.3 Å². The molecule has 1 atom stereocenters. The van der Waals surface area contributed by atoms with Gasteiger partial charge in [0.2, 0.25) is 0 Å². The van der Waals surface area contributed by atoms with Crippen molar-refractivity contribution in [3.05, 3.63) is 12.2 Å². The van der Waals surface area contributed by atoms with Crippen LogP contribution in [0.3, 0.4) is 0 Å². The Kier molecular flexibility index (Phi) is 6.29. The Morgan fingerprint density at radius 3 is 2.38 bits per heavy atom. The van der Waals surface area contributed by atoms with E-state index < -0.39 is 5.97 Å². The van der Waals surface area contributed by atoms with Gasteiger partial charge in [-0.1, -0.05) is 32.9 Å². The summed E-state index contributed by atoms with van der Waals surface area (Å²) in [5.41, 5.74) is 0. The maximum absolute atomic E-state index is 10.8. The molecule has 2 heteroatoms. The zero-order valence-corrected chi connectivity index (χ0v) is 8.79. The summed E-state index contributed by atoms with van der Waals surface area (Å²) in [7, 11) is 0. The molecule has 0 saturated carbocycles. The topological polar surface area (TPSA) is 37.3 Å². The van der Waals surface area contributed by atoms with Gasteiger partial charge >= 0.3 is 5.97 Å². The Morgan fingerprint density at radius 1 is 1.38 bits per heavy atom. The molecule has 1 N–H and O–H groups in total. The lowest BCUT2D eigenvalue weighted by atomic mass is 9.91. The first kappa shape index (κ1) is 12.2. The van der Waals surface area contributed by atoms with Gasteiger partial charge in [-0.25, -0.2) is 0 Å². The molecule has 76 valence electrons. The fourth-order valence-corrected chi connectivity index (χ4v) is 1.30. The molecule has 0 spiro atoms. The van der Waals surface area contributed by atoms with Crippen LogP contribution < -0.4 is 0 Å². The van der Waals surface area contributed by atoms with Gasteiger partial charge in [0, 0.05) is 0 Å². The van der Waals surface area contributed by atoms with E-state index in [2.05, 4.69) is 19.1 Å². The van der Waals surface area contributed by atoms with Gasteiger partial charge in [0.1, 0.15) is 0 Å². The molecule has 0 radical (unpaired) electrons. The molecule has 0 saturated heterocycles. The fourth-order valence-electron chi connectivity index (χ4n) is 1.30. The van der Waals surface area contributed by atoms with Crippen molar-refractivity contribution in [1.82, 2.24) is 0 Å². The van der Waals surface area contributed by atoms with E-state index in [1.807, 2.05) is 13.8 Å². The van der Waals surface area contributed by atoms with Crippen molar-refractivity contribution >= 4 is 5.97 Å². The largest absolute Gasteiger partial charge is 0.481 e. The van der Waals surface area contributed by atoms with Gasteiger partial charge in [0.05, 0.1) is 5.92 Å². The van der Waals surface area contributed by atoms with Crippen molar-refractivity contribution in [1.29, 1.82) is 0 Å². The molecule has 0 rings (SSSR count). The Labute approximate surface area is 80.7 Å². The van der Waals surface area contributed by atoms with Crippen molar-refractivity contribution in [3.63, 3.8) is 0 Å². The zero-order chi connectivity index (χ0) is 10.3. The molecule has 0 aliphatic carbocycles. The SMILES string of the molecule is CC/C=C\CCC(C(=O)O)C(C)C. The molecule has 0 aliphatic heterocycles. The number of allylic oxidation sites excluding steroid dienone is 2. The number of aliphatic carboxylic acids is 1. The van der Waals surface area contributed by atoms with Crippen LogP contribution in [0.5, 0.6) is 0 Å². The zero-order valence-electron chi connectivity index (χ0n) is 8.79. The molecule has 0 bridgehead atoms. The summed E-state index contributed by atoms with van der Waals surface area (Å²) < 4.78 is 0. The molecular formula is C11H20O2. The van der Waals surface area contributed by atoms with E-state index in [-0.39, 0.29) is 11.8 Å². The average molecular weight is 184 g/mol. The highest BCUT2D eigenvalue weighted by Gasteiger charge is 2.19. The summed E-state index contributed by atoms with van der Waals surface area (Å²) in [5, 5.41) is 8.88. The van der Waals surface area contributed by atoms with Crippen LogP contribution in [-0.4, -0.2) is 11.1 Å². The number of carbonyl (C=O) groups is 1. The number of rotatable bonds is 6.